The van der Waals surface area contributed by atoms with E-state index in [1.165, 1.54) is 7.11 Å². The summed E-state index contributed by atoms with van der Waals surface area (Å²) in [5, 5.41) is 3.27. The van der Waals surface area contributed by atoms with Crippen molar-refractivity contribution in [1.82, 2.24) is 15.1 Å². The van der Waals surface area contributed by atoms with Crippen molar-refractivity contribution in [2.75, 3.05) is 66.7 Å². The summed E-state index contributed by atoms with van der Waals surface area (Å²) in [6, 6.07) is 6.91. The molecule has 2 aliphatic heterocycles. The molecule has 10 nitrogen and oxygen atoms in total. The van der Waals surface area contributed by atoms with Gasteiger partial charge in [0.2, 0.25) is 0 Å². The number of hydrogen-bond donors (Lipinski definition) is 1. The van der Waals surface area contributed by atoms with Crippen LogP contribution in [0.3, 0.4) is 0 Å². The number of hydrogen-bond acceptors (Lipinski definition) is 8. The Hall–Kier alpha value is -2.95. The maximum absolute atomic E-state index is 13.2. The summed E-state index contributed by atoms with van der Waals surface area (Å²) in [4.78, 5) is 46.9. The van der Waals surface area contributed by atoms with Gasteiger partial charge in [-0.15, -0.1) is 0 Å². The number of amides is 2. The second kappa shape index (κ2) is 13.6. The molecule has 0 bridgehead atoms. The molecule has 0 aromatic heterocycles. The number of piperazine rings is 1. The Morgan fingerprint density at radius 1 is 1.16 bits per heavy atom. The minimum Gasteiger partial charge on any atom is -0.468 e. The lowest BCUT2D eigenvalue weighted by molar-refractivity contribution is -0.144. The van der Waals surface area contributed by atoms with Gasteiger partial charge < -0.3 is 29.3 Å². The van der Waals surface area contributed by atoms with Crippen LogP contribution in [0.1, 0.15) is 25.3 Å². The summed E-state index contributed by atoms with van der Waals surface area (Å²) in [6.45, 7) is 7.10. The van der Waals surface area contributed by atoms with E-state index < -0.39 is 23.8 Å². The maximum atomic E-state index is 13.2. The Morgan fingerprint density at radius 2 is 1.86 bits per heavy atom. The highest BCUT2D eigenvalue weighted by molar-refractivity contribution is 6.31. The lowest BCUT2D eigenvalue weighted by Gasteiger charge is -2.32. The molecule has 1 aromatic rings. The van der Waals surface area contributed by atoms with Crippen molar-refractivity contribution in [3.63, 3.8) is 0 Å². The molecule has 2 amide bonds. The topological polar surface area (TPSA) is 110 Å². The highest BCUT2D eigenvalue weighted by atomic mass is 35.5. The number of carbonyl (C=O) groups excluding carboxylic acids is 3. The quantitative estimate of drug-likeness (QED) is 0.383. The van der Waals surface area contributed by atoms with Crippen molar-refractivity contribution in [2.45, 2.75) is 19.8 Å². The monoisotopic (exact) mass is 534 g/mol. The smallest absolute Gasteiger partial charge is 0.336 e. The largest absolute Gasteiger partial charge is 0.468 e. The molecule has 2 unspecified atom stereocenters. The van der Waals surface area contributed by atoms with E-state index in [1.54, 1.807) is 43.0 Å². The Bertz CT molecular complexity index is 1050. The number of likely N-dealkylation sites (N-methyl/N-ethyl adjacent to an activating group) is 1. The van der Waals surface area contributed by atoms with Crippen LogP contribution in [-0.4, -0.2) is 100 Å². The predicted molar refractivity (Wildman–Crippen MR) is 140 cm³/mol. The van der Waals surface area contributed by atoms with Crippen LogP contribution >= 0.6 is 11.6 Å². The maximum Gasteiger partial charge on any atom is 0.336 e. The molecule has 3 rings (SSSR count). The summed E-state index contributed by atoms with van der Waals surface area (Å²) in [5.41, 5.74) is 1.63. The summed E-state index contributed by atoms with van der Waals surface area (Å²) >= 11 is 6.52. The molecule has 37 heavy (non-hydrogen) atoms. The van der Waals surface area contributed by atoms with E-state index in [0.29, 0.717) is 41.6 Å². The van der Waals surface area contributed by atoms with Gasteiger partial charge in [0, 0.05) is 49.4 Å². The van der Waals surface area contributed by atoms with Crippen LogP contribution in [-0.2, 0) is 23.8 Å². The molecule has 2 atom stereocenters. The first kappa shape index (κ1) is 28.6. The molecule has 1 N–H and O–H groups in total. The SMILES string of the molecule is CCOC(=O)C1=C(COCCNC(=O)N2CCN(C)CC2)N=C(C)C(C(=O)OC)C1c1ccccc1Cl. The van der Waals surface area contributed by atoms with Gasteiger partial charge in [0.15, 0.2) is 0 Å². The van der Waals surface area contributed by atoms with Crippen LogP contribution in [0.15, 0.2) is 40.5 Å². The number of aliphatic imine (C=N–C) groups is 1. The summed E-state index contributed by atoms with van der Waals surface area (Å²) in [5.74, 6) is -2.73. The fourth-order valence-corrected chi connectivity index (χ4v) is 4.76. The summed E-state index contributed by atoms with van der Waals surface area (Å²) in [7, 11) is 3.32. The minimum absolute atomic E-state index is 0.00921. The minimum atomic E-state index is -0.851. The van der Waals surface area contributed by atoms with E-state index in [1.807, 2.05) is 7.05 Å². The number of methoxy groups -OCH3 is 1. The van der Waals surface area contributed by atoms with Gasteiger partial charge in [-0.05, 0) is 32.5 Å². The molecular formula is C26H35ClN4O6. The van der Waals surface area contributed by atoms with Crippen LogP contribution in [0.4, 0.5) is 4.79 Å². The molecule has 1 aromatic carbocycles. The third kappa shape index (κ3) is 7.09. The molecule has 0 saturated carbocycles. The van der Waals surface area contributed by atoms with Gasteiger partial charge >= 0.3 is 18.0 Å². The average Bonchev–Trinajstić information content (AvgIpc) is 2.88. The van der Waals surface area contributed by atoms with Crippen LogP contribution in [0.5, 0.6) is 0 Å². The van der Waals surface area contributed by atoms with E-state index in [-0.39, 0.29) is 31.4 Å². The lowest BCUT2D eigenvalue weighted by Crippen LogP contribution is -2.51. The fraction of sp³-hybridized carbons (Fsp3) is 0.538. The van der Waals surface area contributed by atoms with Crippen LogP contribution < -0.4 is 5.32 Å². The number of carbonyl (C=O) groups is 3. The van der Waals surface area contributed by atoms with Crippen LogP contribution in [0.25, 0.3) is 0 Å². The zero-order valence-corrected chi connectivity index (χ0v) is 22.5. The molecule has 2 heterocycles. The van der Waals surface area contributed by atoms with E-state index in [9.17, 15) is 14.4 Å². The van der Waals surface area contributed by atoms with E-state index in [4.69, 9.17) is 25.8 Å². The van der Waals surface area contributed by atoms with Gasteiger partial charge in [-0.3, -0.25) is 9.79 Å². The number of rotatable bonds is 9. The molecule has 1 fully saturated rings. The highest BCUT2D eigenvalue weighted by Gasteiger charge is 2.43. The molecule has 1 saturated heterocycles. The van der Waals surface area contributed by atoms with Crippen LogP contribution in [0.2, 0.25) is 5.02 Å². The summed E-state index contributed by atoms with van der Waals surface area (Å²) in [6.07, 6.45) is 0. The third-order valence-corrected chi connectivity index (χ3v) is 6.80. The zero-order valence-electron chi connectivity index (χ0n) is 21.8. The number of nitrogens with one attached hydrogen (secondary N) is 1. The van der Waals surface area contributed by atoms with Gasteiger partial charge in [-0.1, -0.05) is 29.8 Å². The highest BCUT2D eigenvalue weighted by Crippen LogP contribution is 2.42. The van der Waals surface area contributed by atoms with Crippen LogP contribution in [0, 0.1) is 5.92 Å². The van der Waals surface area contributed by atoms with Crippen molar-refractivity contribution in [3.05, 3.63) is 46.1 Å². The molecule has 0 spiro atoms. The van der Waals surface area contributed by atoms with E-state index in [0.717, 1.165) is 13.1 Å². The van der Waals surface area contributed by atoms with Crippen molar-refractivity contribution in [3.8, 4) is 0 Å². The first-order chi connectivity index (χ1) is 17.8. The Balaban J connectivity index is 1.78. The Kier molecular flexibility index (Phi) is 10.5. The van der Waals surface area contributed by atoms with Gasteiger partial charge in [0.05, 0.1) is 38.2 Å². The van der Waals surface area contributed by atoms with Crippen molar-refractivity contribution in [2.24, 2.45) is 10.9 Å². The standard InChI is InChI=1S/C26H35ClN4O6/c1-5-37-25(33)23-20(16-36-15-10-28-26(34)31-13-11-30(3)12-14-31)29-17(2)21(24(32)35-4)22(23)18-8-6-7-9-19(18)27/h6-9,21-22H,5,10-16H2,1-4H3,(H,28,34). The number of nitrogens with zero attached hydrogens (tertiary/aromatic N) is 3. The normalized spacial score (nSPS) is 20.4. The molecule has 2 aliphatic rings. The van der Waals surface area contributed by atoms with Crippen molar-refractivity contribution >= 4 is 35.3 Å². The lowest BCUT2D eigenvalue weighted by atomic mass is 9.75. The number of urea groups is 1. The van der Waals surface area contributed by atoms with Gasteiger partial charge in [0.1, 0.15) is 5.92 Å². The number of ether oxygens (including phenoxy) is 3. The van der Waals surface area contributed by atoms with E-state index in [2.05, 4.69) is 15.2 Å². The van der Waals surface area contributed by atoms with Crippen molar-refractivity contribution < 1.29 is 28.6 Å². The number of halogens is 1. The molecule has 202 valence electrons. The fourth-order valence-electron chi connectivity index (χ4n) is 4.51. The van der Waals surface area contributed by atoms with Gasteiger partial charge in [0.25, 0.3) is 0 Å². The molecule has 11 heteroatoms. The van der Waals surface area contributed by atoms with Gasteiger partial charge in [-0.25, -0.2) is 9.59 Å². The van der Waals surface area contributed by atoms with Crippen molar-refractivity contribution in [1.29, 1.82) is 0 Å². The van der Waals surface area contributed by atoms with Gasteiger partial charge in [-0.2, -0.15) is 0 Å². The Morgan fingerprint density at radius 3 is 2.51 bits per heavy atom. The zero-order chi connectivity index (χ0) is 26.9. The summed E-state index contributed by atoms with van der Waals surface area (Å²) < 4.78 is 16.2. The second-order valence-corrected chi connectivity index (χ2v) is 9.32. The number of benzene rings is 1. The first-order valence-corrected chi connectivity index (χ1v) is 12.7. The number of esters is 2. The molecular weight excluding hydrogens is 500 g/mol. The first-order valence-electron chi connectivity index (χ1n) is 12.3. The average molecular weight is 535 g/mol. The molecule has 0 radical (unpaired) electrons. The molecule has 0 aliphatic carbocycles. The van der Waals surface area contributed by atoms with E-state index >= 15 is 0 Å². The second-order valence-electron chi connectivity index (χ2n) is 8.91. The predicted octanol–water partition coefficient (Wildman–Crippen LogP) is 2.48. The Labute approximate surface area is 222 Å². The third-order valence-electron chi connectivity index (χ3n) is 6.46.